The van der Waals surface area contributed by atoms with Gasteiger partial charge in [-0.15, -0.1) is 0 Å². The first kappa shape index (κ1) is 21.8. The van der Waals surface area contributed by atoms with Gasteiger partial charge in [0.25, 0.3) is 5.91 Å². The molecule has 6 nitrogen and oxygen atoms in total. The fraction of sp³-hybridized carbons (Fsp3) is 0.391. The number of amides is 2. The Morgan fingerprint density at radius 2 is 2.07 bits per heavy atom. The van der Waals surface area contributed by atoms with Crippen molar-refractivity contribution in [2.24, 2.45) is 0 Å². The van der Waals surface area contributed by atoms with Crippen molar-refractivity contribution in [3.63, 3.8) is 0 Å². The molecule has 7 heteroatoms. The van der Waals surface area contributed by atoms with Gasteiger partial charge >= 0.3 is 0 Å². The molecule has 2 aromatic carbocycles. The third-order valence-corrected chi connectivity index (χ3v) is 5.36. The van der Waals surface area contributed by atoms with Crippen molar-refractivity contribution in [3.05, 3.63) is 58.9 Å². The Morgan fingerprint density at radius 3 is 2.73 bits per heavy atom. The van der Waals surface area contributed by atoms with Gasteiger partial charge in [-0.2, -0.15) is 0 Å². The lowest BCUT2D eigenvalue weighted by Gasteiger charge is -2.25. The molecule has 0 aliphatic carbocycles. The molecule has 1 heterocycles. The number of nitrogens with zero attached hydrogens (tertiary/aromatic N) is 1. The highest BCUT2D eigenvalue weighted by Crippen LogP contribution is 2.21. The van der Waals surface area contributed by atoms with E-state index in [-0.39, 0.29) is 30.7 Å². The number of hydrogen-bond donors (Lipinski definition) is 1. The van der Waals surface area contributed by atoms with E-state index >= 15 is 0 Å². The zero-order chi connectivity index (χ0) is 21.7. The number of aryl methyl sites for hydroxylation is 1. The molecular formula is C23H27FN2O4. The fourth-order valence-corrected chi connectivity index (χ4v) is 3.47. The quantitative estimate of drug-likeness (QED) is 0.750. The van der Waals surface area contributed by atoms with Crippen LogP contribution in [-0.4, -0.2) is 49.6 Å². The van der Waals surface area contributed by atoms with Crippen LogP contribution in [0.5, 0.6) is 5.75 Å². The van der Waals surface area contributed by atoms with E-state index in [1.54, 1.807) is 0 Å². The van der Waals surface area contributed by atoms with Crippen LogP contribution in [-0.2, 0) is 9.53 Å². The van der Waals surface area contributed by atoms with Crippen molar-refractivity contribution in [1.29, 1.82) is 0 Å². The summed E-state index contributed by atoms with van der Waals surface area (Å²) < 4.78 is 25.1. The first-order chi connectivity index (χ1) is 14.4. The molecule has 1 aliphatic rings. The van der Waals surface area contributed by atoms with E-state index in [0.717, 1.165) is 30.0 Å². The van der Waals surface area contributed by atoms with E-state index in [1.165, 1.54) is 24.1 Å². The summed E-state index contributed by atoms with van der Waals surface area (Å²) in [7, 11) is 1.43. The molecule has 0 spiro atoms. The summed E-state index contributed by atoms with van der Waals surface area (Å²) in [5.41, 5.74) is 2.61. The van der Waals surface area contributed by atoms with Gasteiger partial charge in [0, 0.05) is 24.9 Å². The summed E-state index contributed by atoms with van der Waals surface area (Å²) in [6.07, 6.45) is 1.54. The molecule has 1 unspecified atom stereocenters. The molecule has 1 fully saturated rings. The summed E-state index contributed by atoms with van der Waals surface area (Å²) in [5, 5.41) is 2.86. The Hall–Kier alpha value is -2.93. The van der Waals surface area contributed by atoms with E-state index in [1.807, 2.05) is 32.0 Å². The number of rotatable bonds is 7. The highest BCUT2D eigenvalue weighted by Gasteiger charge is 2.27. The van der Waals surface area contributed by atoms with E-state index in [9.17, 15) is 14.0 Å². The molecule has 1 saturated heterocycles. The summed E-state index contributed by atoms with van der Waals surface area (Å²) >= 11 is 0. The maximum Gasteiger partial charge on any atom is 0.257 e. The van der Waals surface area contributed by atoms with E-state index in [0.29, 0.717) is 18.0 Å². The van der Waals surface area contributed by atoms with E-state index in [2.05, 4.69) is 5.32 Å². The maximum absolute atomic E-state index is 14.5. The molecule has 0 aromatic heterocycles. The van der Waals surface area contributed by atoms with Gasteiger partial charge in [0.05, 0.1) is 18.8 Å². The predicted octanol–water partition coefficient (Wildman–Crippen LogP) is 3.71. The average molecular weight is 414 g/mol. The molecule has 0 saturated carbocycles. The smallest absolute Gasteiger partial charge is 0.257 e. The molecule has 1 atom stereocenters. The molecular weight excluding hydrogens is 387 g/mol. The first-order valence-corrected chi connectivity index (χ1v) is 9.99. The molecule has 2 amide bonds. The van der Waals surface area contributed by atoms with Crippen LogP contribution in [0.4, 0.5) is 10.1 Å². The van der Waals surface area contributed by atoms with Crippen LogP contribution in [0, 0.1) is 19.7 Å². The minimum Gasteiger partial charge on any atom is -0.497 e. The van der Waals surface area contributed by atoms with Crippen LogP contribution in [0.3, 0.4) is 0 Å². The molecule has 3 rings (SSSR count). The Labute approximate surface area is 176 Å². The van der Waals surface area contributed by atoms with Crippen LogP contribution >= 0.6 is 0 Å². The number of hydrogen-bond acceptors (Lipinski definition) is 4. The third kappa shape index (κ3) is 5.16. The molecule has 1 N–H and O–H groups in total. The van der Waals surface area contributed by atoms with Gasteiger partial charge in [-0.05, 0) is 56.0 Å². The van der Waals surface area contributed by atoms with Gasteiger partial charge in [-0.3, -0.25) is 9.59 Å². The standard InChI is InChI=1S/C23H27FN2O4/c1-15-6-4-8-21(16(15)2)25-22(27)14-26(13-18-7-5-11-30-18)23(28)19-10-9-17(29-3)12-20(19)24/h4,6,8-10,12,18H,5,7,11,13-14H2,1-3H3,(H,25,27). The number of carbonyl (C=O) groups excluding carboxylic acids is 2. The Bertz CT molecular complexity index is 925. The van der Waals surface area contributed by atoms with Crippen molar-refractivity contribution in [2.45, 2.75) is 32.8 Å². The lowest BCUT2D eigenvalue weighted by Crippen LogP contribution is -2.42. The van der Waals surface area contributed by atoms with Gasteiger partial charge in [-0.25, -0.2) is 4.39 Å². The highest BCUT2D eigenvalue weighted by atomic mass is 19.1. The average Bonchev–Trinajstić information content (AvgIpc) is 3.23. The Kier molecular flexibility index (Phi) is 7.05. The second-order valence-electron chi connectivity index (χ2n) is 7.46. The Balaban J connectivity index is 1.78. The molecule has 2 aromatic rings. The summed E-state index contributed by atoms with van der Waals surface area (Å²) in [6.45, 7) is 4.54. The van der Waals surface area contributed by atoms with Gasteiger partial charge in [0.15, 0.2) is 0 Å². The topological polar surface area (TPSA) is 67.9 Å². The van der Waals surface area contributed by atoms with Gasteiger partial charge in [-0.1, -0.05) is 12.1 Å². The normalized spacial score (nSPS) is 15.7. The highest BCUT2D eigenvalue weighted by molar-refractivity contribution is 6.00. The van der Waals surface area contributed by atoms with Crippen molar-refractivity contribution < 1.29 is 23.5 Å². The number of benzene rings is 2. The molecule has 30 heavy (non-hydrogen) atoms. The van der Waals surface area contributed by atoms with Crippen molar-refractivity contribution in [3.8, 4) is 5.75 Å². The van der Waals surface area contributed by atoms with Crippen molar-refractivity contribution >= 4 is 17.5 Å². The third-order valence-electron chi connectivity index (χ3n) is 5.36. The van der Waals surface area contributed by atoms with Crippen LogP contribution in [0.2, 0.25) is 0 Å². The van der Waals surface area contributed by atoms with Gasteiger partial charge < -0.3 is 19.7 Å². The molecule has 160 valence electrons. The van der Waals surface area contributed by atoms with Crippen LogP contribution in [0.25, 0.3) is 0 Å². The van der Waals surface area contributed by atoms with Gasteiger partial charge in [0.1, 0.15) is 18.1 Å². The number of ether oxygens (including phenoxy) is 2. The summed E-state index contributed by atoms with van der Waals surface area (Å²) in [4.78, 5) is 27.1. The van der Waals surface area contributed by atoms with Crippen LogP contribution in [0.15, 0.2) is 36.4 Å². The minimum absolute atomic E-state index is 0.103. The second-order valence-corrected chi connectivity index (χ2v) is 7.46. The SMILES string of the molecule is COc1ccc(C(=O)N(CC(=O)Nc2cccc(C)c2C)CC2CCCO2)c(F)c1. The predicted molar refractivity (Wildman–Crippen MR) is 112 cm³/mol. The minimum atomic E-state index is -0.688. The lowest BCUT2D eigenvalue weighted by molar-refractivity contribution is -0.117. The number of carbonyl (C=O) groups is 2. The number of methoxy groups -OCH3 is 1. The number of anilines is 1. The number of nitrogens with one attached hydrogen (secondary N) is 1. The molecule has 0 bridgehead atoms. The number of halogens is 1. The zero-order valence-electron chi connectivity index (χ0n) is 17.5. The fourth-order valence-electron chi connectivity index (χ4n) is 3.47. The molecule has 0 radical (unpaired) electrons. The van der Waals surface area contributed by atoms with Crippen molar-refractivity contribution in [1.82, 2.24) is 4.90 Å². The largest absolute Gasteiger partial charge is 0.497 e. The van der Waals surface area contributed by atoms with Crippen LogP contribution in [0.1, 0.15) is 34.3 Å². The van der Waals surface area contributed by atoms with E-state index < -0.39 is 11.7 Å². The zero-order valence-corrected chi connectivity index (χ0v) is 17.5. The monoisotopic (exact) mass is 414 g/mol. The second kappa shape index (κ2) is 9.71. The van der Waals surface area contributed by atoms with Crippen LogP contribution < -0.4 is 10.1 Å². The molecule has 1 aliphatic heterocycles. The maximum atomic E-state index is 14.5. The van der Waals surface area contributed by atoms with Crippen molar-refractivity contribution in [2.75, 3.05) is 32.1 Å². The summed E-state index contributed by atoms with van der Waals surface area (Å²) in [5.74, 6) is -1.26. The first-order valence-electron chi connectivity index (χ1n) is 9.99. The lowest BCUT2D eigenvalue weighted by atomic mass is 10.1. The van der Waals surface area contributed by atoms with Gasteiger partial charge in [0.2, 0.25) is 5.91 Å². The van der Waals surface area contributed by atoms with E-state index in [4.69, 9.17) is 9.47 Å². The summed E-state index contributed by atoms with van der Waals surface area (Å²) in [6, 6.07) is 9.70. The Morgan fingerprint density at radius 1 is 1.27 bits per heavy atom.